The maximum atomic E-state index is 5.13. The molecule has 0 amide bonds. The van der Waals surface area contributed by atoms with E-state index in [1.54, 1.807) is 7.11 Å². The van der Waals surface area contributed by atoms with Crippen molar-refractivity contribution in [1.82, 2.24) is 0 Å². The van der Waals surface area contributed by atoms with Crippen molar-refractivity contribution in [2.45, 2.75) is 20.3 Å². The lowest BCUT2D eigenvalue weighted by molar-refractivity contribution is 0.129. The third-order valence-electron chi connectivity index (χ3n) is 1.43. The lowest BCUT2D eigenvalue weighted by atomic mass is 10.1. The van der Waals surface area contributed by atoms with Gasteiger partial charge in [0, 0.05) is 19.6 Å². The second-order valence-electron chi connectivity index (χ2n) is 2.18. The normalized spacial score (nSPS) is 23.7. The van der Waals surface area contributed by atoms with E-state index in [0.29, 0.717) is 5.92 Å². The monoisotopic (exact) mass is 146 g/mol. The van der Waals surface area contributed by atoms with E-state index in [4.69, 9.17) is 9.47 Å². The molecule has 0 aromatic rings. The smallest absolute Gasteiger partial charge is 0.0517 e. The van der Waals surface area contributed by atoms with Gasteiger partial charge >= 0.3 is 0 Å². The molecule has 1 heterocycles. The lowest BCUT2D eigenvalue weighted by Crippen LogP contribution is -2.06. The third kappa shape index (κ3) is 3.85. The molecule has 0 bridgehead atoms. The van der Waals surface area contributed by atoms with E-state index in [2.05, 4.69) is 0 Å². The van der Waals surface area contributed by atoms with Crippen LogP contribution in [0.15, 0.2) is 0 Å². The minimum Gasteiger partial charge on any atom is -0.384 e. The predicted molar refractivity (Wildman–Crippen MR) is 42.2 cm³/mol. The number of ether oxygens (including phenoxy) is 2. The molecular weight excluding hydrogens is 128 g/mol. The van der Waals surface area contributed by atoms with E-state index in [1.165, 1.54) is 6.42 Å². The zero-order valence-corrected chi connectivity index (χ0v) is 7.22. The summed E-state index contributed by atoms with van der Waals surface area (Å²) in [4.78, 5) is 0. The average Bonchev–Trinajstić information content (AvgIpc) is 2.46. The summed E-state index contributed by atoms with van der Waals surface area (Å²) in [5.74, 6) is 0.667. The van der Waals surface area contributed by atoms with Gasteiger partial charge in [0.25, 0.3) is 0 Å². The standard InChI is InChI=1S/C6H12O2.C2H6/c1-7-4-6-2-3-8-5-6;1-2/h6H,2-5H2,1H3;1-2H3/t6-;/m0./s1. The first-order valence-electron chi connectivity index (χ1n) is 4.00. The second kappa shape index (κ2) is 7.03. The van der Waals surface area contributed by atoms with Gasteiger partial charge in [-0.15, -0.1) is 0 Å². The Morgan fingerprint density at radius 3 is 2.60 bits per heavy atom. The molecule has 1 aliphatic rings. The van der Waals surface area contributed by atoms with Gasteiger partial charge in [0.05, 0.1) is 13.2 Å². The molecule has 0 N–H and O–H groups in total. The molecule has 0 aliphatic carbocycles. The van der Waals surface area contributed by atoms with Crippen LogP contribution in [-0.2, 0) is 9.47 Å². The zero-order valence-electron chi connectivity index (χ0n) is 7.22. The lowest BCUT2D eigenvalue weighted by Gasteiger charge is -2.02. The van der Waals surface area contributed by atoms with Crippen LogP contribution < -0.4 is 0 Å². The molecule has 1 rings (SSSR count). The Hall–Kier alpha value is -0.0800. The molecule has 1 atom stereocenters. The summed E-state index contributed by atoms with van der Waals surface area (Å²) in [6.07, 6.45) is 1.17. The molecule has 0 unspecified atom stereocenters. The number of hydrogen-bond acceptors (Lipinski definition) is 2. The van der Waals surface area contributed by atoms with Crippen LogP contribution in [0.2, 0.25) is 0 Å². The van der Waals surface area contributed by atoms with Gasteiger partial charge in [0.1, 0.15) is 0 Å². The fourth-order valence-electron chi connectivity index (χ4n) is 0.950. The number of hydrogen-bond donors (Lipinski definition) is 0. The van der Waals surface area contributed by atoms with Crippen LogP contribution in [0.25, 0.3) is 0 Å². The molecule has 0 aromatic carbocycles. The summed E-state index contributed by atoms with van der Waals surface area (Å²) in [7, 11) is 1.73. The first kappa shape index (κ1) is 9.92. The van der Waals surface area contributed by atoms with E-state index in [0.717, 1.165) is 19.8 Å². The average molecular weight is 146 g/mol. The number of rotatable bonds is 2. The Kier molecular flexibility index (Phi) is 6.98. The quantitative estimate of drug-likeness (QED) is 0.590. The van der Waals surface area contributed by atoms with Gasteiger partial charge in [0.2, 0.25) is 0 Å². The summed E-state index contributed by atoms with van der Waals surface area (Å²) in [5, 5.41) is 0. The van der Waals surface area contributed by atoms with Crippen LogP contribution in [0.5, 0.6) is 0 Å². The van der Waals surface area contributed by atoms with Crippen LogP contribution in [0, 0.1) is 5.92 Å². The molecule has 0 aromatic heterocycles. The highest BCUT2D eigenvalue weighted by Gasteiger charge is 2.14. The van der Waals surface area contributed by atoms with E-state index in [-0.39, 0.29) is 0 Å². The Morgan fingerprint density at radius 1 is 1.50 bits per heavy atom. The van der Waals surface area contributed by atoms with E-state index >= 15 is 0 Å². The van der Waals surface area contributed by atoms with Gasteiger partial charge in [-0.05, 0) is 6.42 Å². The van der Waals surface area contributed by atoms with Crippen molar-refractivity contribution in [3.05, 3.63) is 0 Å². The molecular formula is C8H18O2. The van der Waals surface area contributed by atoms with Crippen LogP contribution in [-0.4, -0.2) is 26.9 Å². The molecule has 1 fully saturated rings. The van der Waals surface area contributed by atoms with Gasteiger partial charge in [-0.1, -0.05) is 13.8 Å². The van der Waals surface area contributed by atoms with Crippen molar-refractivity contribution in [3.63, 3.8) is 0 Å². The summed E-state index contributed by atoms with van der Waals surface area (Å²) in [5.41, 5.74) is 0. The minimum atomic E-state index is 0.667. The largest absolute Gasteiger partial charge is 0.384 e. The van der Waals surface area contributed by atoms with Crippen molar-refractivity contribution in [2.24, 2.45) is 5.92 Å². The first-order chi connectivity index (χ1) is 4.93. The summed E-state index contributed by atoms with van der Waals surface area (Å²) in [6.45, 7) is 6.68. The second-order valence-corrected chi connectivity index (χ2v) is 2.18. The third-order valence-corrected chi connectivity index (χ3v) is 1.43. The Bertz CT molecular complexity index is 58.3. The predicted octanol–water partition coefficient (Wildman–Crippen LogP) is 1.70. The van der Waals surface area contributed by atoms with Crippen molar-refractivity contribution in [1.29, 1.82) is 0 Å². The first-order valence-corrected chi connectivity index (χ1v) is 4.00. The topological polar surface area (TPSA) is 18.5 Å². The summed E-state index contributed by atoms with van der Waals surface area (Å²) < 4.78 is 10.1. The van der Waals surface area contributed by atoms with Crippen LogP contribution >= 0.6 is 0 Å². The van der Waals surface area contributed by atoms with Crippen molar-refractivity contribution in [3.8, 4) is 0 Å². The molecule has 1 saturated heterocycles. The van der Waals surface area contributed by atoms with Crippen molar-refractivity contribution >= 4 is 0 Å². The Morgan fingerprint density at radius 2 is 2.20 bits per heavy atom. The van der Waals surface area contributed by atoms with Gasteiger partial charge in [-0.25, -0.2) is 0 Å². The zero-order chi connectivity index (χ0) is 7.82. The van der Waals surface area contributed by atoms with Gasteiger partial charge in [0.15, 0.2) is 0 Å². The van der Waals surface area contributed by atoms with E-state index in [1.807, 2.05) is 13.8 Å². The fraction of sp³-hybridized carbons (Fsp3) is 1.00. The van der Waals surface area contributed by atoms with Crippen LogP contribution in [0.4, 0.5) is 0 Å². The van der Waals surface area contributed by atoms with E-state index in [9.17, 15) is 0 Å². The van der Waals surface area contributed by atoms with Crippen molar-refractivity contribution < 1.29 is 9.47 Å². The van der Waals surface area contributed by atoms with Crippen LogP contribution in [0.3, 0.4) is 0 Å². The van der Waals surface area contributed by atoms with Gasteiger partial charge in [-0.3, -0.25) is 0 Å². The summed E-state index contributed by atoms with van der Waals surface area (Å²) >= 11 is 0. The minimum absolute atomic E-state index is 0.667. The molecule has 0 saturated carbocycles. The Balaban J connectivity index is 0.000000371. The highest BCUT2D eigenvalue weighted by Crippen LogP contribution is 2.11. The molecule has 2 nitrogen and oxygen atoms in total. The highest BCUT2D eigenvalue weighted by molar-refractivity contribution is 4.61. The SMILES string of the molecule is CC.COC[C@@H]1CCOC1. The van der Waals surface area contributed by atoms with Crippen LogP contribution in [0.1, 0.15) is 20.3 Å². The molecule has 2 heteroatoms. The van der Waals surface area contributed by atoms with Crippen molar-refractivity contribution in [2.75, 3.05) is 26.9 Å². The Labute approximate surface area is 63.5 Å². The summed E-state index contributed by atoms with van der Waals surface area (Å²) in [6, 6.07) is 0. The molecule has 62 valence electrons. The number of methoxy groups -OCH3 is 1. The highest BCUT2D eigenvalue weighted by atomic mass is 16.5. The van der Waals surface area contributed by atoms with Gasteiger partial charge < -0.3 is 9.47 Å². The van der Waals surface area contributed by atoms with E-state index < -0.39 is 0 Å². The maximum Gasteiger partial charge on any atom is 0.0517 e. The molecule has 10 heavy (non-hydrogen) atoms. The fourth-order valence-corrected chi connectivity index (χ4v) is 0.950. The molecule has 1 aliphatic heterocycles. The maximum absolute atomic E-state index is 5.13. The molecule has 0 radical (unpaired) electrons. The van der Waals surface area contributed by atoms with Gasteiger partial charge in [-0.2, -0.15) is 0 Å². The molecule has 0 spiro atoms.